The predicted molar refractivity (Wildman–Crippen MR) is 209 cm³/mol. The molecule has 0 spiro atoms. The van der Waals surface area contributed by atoms with E-state index in [-0.39, 0.29) is 68.5 Å². The predicted octanol–water partition coefficient (Wildman–Crippen LogP) is 3.03. The Labute approximate surface area is 319 Å². The molecule has 284 valence electrons. The lowest BCUT2D eigenvalue weighted by Gasteiger charge is -2.07. The normalized spacial score (nSPS) is 11.7. The van der Waals surface area contributed by atoms with Crippen LogP contribution in [-0.2, 0) is 0 Å². The smallest absolute Gasteiger partial charge is 0.280 e. The highest BCUT2D eigenvalue weighted by atomic mass is 35.5. The summed E-state index contributed by atoms with van der Waals surface area (Å²) >= 11 is 11.6. The van der Waals surface area contributed by atoms with Crippen molar-refractivity contribution in [3.05, 3.63) is 69.2 Å². The van der Waals surface area contributed by atoms with Crippen molar-refractivity contribution in [2.75, 3.05) is 36.0 Å². The van der Waals surface area contributed by atoms with E-state index in [1.807, 2.05) is 24.3 Å². The number of rotatable bonds is 16. The Balaban J connectivity index is 1.14. The van der Waals surface area contributed by atoms with E-state index in [4.69, 9.17) is 57.6 Å². The fourth-order valence-electron chi connectivity index (χ4n) is 5.08. The van der Waals surface area contributed by atoms with Crippen LogP contribution in [0.15, 0.2) is 46.4 Å². The summed E-state index contributed by atoms with van der Waals surface area (Å²) in [7, 11) is 0. The molecule has 0 aliphatic heterocycles. The number of Topliss-reactive ketones (excluding diaryl/α,β-unsaturated/α-hetero) is 2. The second-order valence-corrected chi connectivity index (χ2v) is 12.7. The number of aliphatic imine (C=N–C) groups is 2. The van der Waals surface area contributed by atoms with E-state index < -0.39 is 11.8 Å². The molecule has 0 aliphatic carbocycles. The molecule has 54 heavy (non-hydrogen) atoms. The summed E-state index contributed by atoms with van der Waals surface area (Å²) in [6.07, 6.45) is 4.71. The van der Waals surface area contributed by atoms with Gasteiger partial charge in [0.05, 0.1) is 0 Å². The number of nitrogens with zero attached hydrogens (tertiary/aromatic N) is 6. The number of fused-ring (bicyclic) bond motifs is 1. The van der Waals surface area contributed by atoms with Crippen molar-refractivity contribution in [2.24, 2.45) is 21.5 Å². The Kier molecular flexibility index (Phi) is 14.4. The van der Waals surface area contributed by atoms with Gasteiger partial charge in [-0.25, -0.2) is 19.9 Å². The van der Waals surface area contributed by atoms with E-state index in [1.54, 1.807) is 12.1 Å². The first-order chi connectivity index (χ1) is 25.7. The molecule has 2 amide bonds. The maximum absolute atomic E-state index is 12.9. The standard InChI is InChI=1S/C34H40Cl2N14O4/c35-25-29(39)47-27(37)23(45-25)31(53)49-33(41)43-13-5-1-3-7-21(51)19-11-9-18-16-20(12-10-17(18)15-19)22(52)8-4-2-6-14-44-34(42)50-32(54)24-28(38)48-30(40)26(36)46-24/h9-12,15-16H,1-8,13-14H2,(H4,37,39,47)(H4,38,40,48)(H3,41,43,49,53)(H3,42,44,50,54). The molecule has 2 aromatic carbocycles. The van der Waals surface area contributed by atoms with E-state index in [0.717, 1.165) is 10.8 Å². The number of aromatic nitrogens is 4. The molecule has 4 aromatic rings. The second-order valence-electron chi connectivity index (χ2n) is 12.0. The van der Waals surface area contributed by atoms with Crippen LogP contribution in [0.5, 0.6) is 0 Å². The minimum absolute atomic E-state index is 0.00684. The molecule has 0 fully saturated rings. The van der Waals surface area contributed by atoms with Gasteiger partial charge in [-0.1, -0.05) is 60.3 Å². The van der Waals surface area contributed by atoms with Crippen molar-refractivity contribution >= 4 is 92.5 Å². The highest BCUT2D eigenvalue weighted by Gasteiger charge is 2.18. The van der Waals surface area contributed by atoms with Gasteiger partial charge in [0.1, 0.15) is 0 Å². The monoisotopic (exact) mass is 778 g/mol. The second kappa shape index (κ2) is 19.1. The lowest BCUT2D eigenvalue weighted by molar-refractivity contribution is 0.0964. The lowest BCUT2D eigenvalue weighted by atomic mass is 9.97. The van der Waals surface area contributed by atoms with E-state index in [0.29, 0.717) is 75.6 Å². The molecule has 0 bridgehead atoms. The third-order valence-electron chi connectivity index (χ3n) is 7.90. The quantitative estimate of drug-likeness (QED) is 0.0351. The van der Waals surface area contributed by atoms with Crippen LogP contribution in [0, 0.1) is 0 Å². The number of anilines is 4. The van der Waals surface area contributed by atoms with E-state index >= 15 is 0 Å². The Morgan fingerprint density at radius 1 is 0.556 bits per heavy atom. The van der Waals surface area contributed by atoms with Crippen LogP contribution in [0.1, 0.15) is 93.1 Å². The van der Waals surface area contributed by atoms with Crippen molar-refractivity contribution in [2.45, 2.75) is 51.4 Å². The van der Waals surface area contributed by atoms with Gasteiger partial charge in [-0.05, 0) is 48.6 Å². The zero-order valence-corrected chi connectivity index (χ0v) is 30.6. The van der Waals surface area contributed by atoms with E-state index in [2.05, 4.69) is 40.6 Å². The lowest BCUT2D eigenvalue weighted by Crippen LogP contribution is -2.38. The molecule has 14 N–H and O–H groups in total. The fourth-order valence-corrected chi connectivity index (χ4v) is 5.33. The van der Waals surface area contributed by atoms with Gasteiger partial charge in [-0.3, -0.25) is 39.8 Å². The van der Waals surface area contributed by atoms with Crippen LogP contribution in [0.3, 0.4) is 0 Å². The van der Waals surface area contributed by atoms with Crippen molar-refractivity contribution in [3.8, 4) is 0 Å². The maximum atomic E-state index is 12.9. The molecule has 20 heteroatoms. The Morgan fingerprint density at radius 2 is 0.944 bits per heavy atom. The zero-order chi connectivity index (χ0) is 39.4. The molecular weight excluding hydrogens is 739 g/mol. The van der Waals surface area contributed by atoms with Crippen LogP contribution in [0.2, 0.25) is 10.3 Å². The highest BCUT2D eigenvalue weighted by Crippen LogP contribution is 2.22. The number of ketones is 2. The van der Waals surface area contributed by atoms with Crippen LogP contribution >= 0.6 is 23.2 Å². The molecule has 0 atom stereocenters. The SMILES string of the molecule is NC(=NCCCCCC(=O)c1ccc2cc(C(=O)CCCCCN=C(N)NC(=O)c3nc(Cl)c(N)nc3N)ccc2c1)NC(=O)c1nc(Cl)c(N)nc1N. The minimum atomic E-state index is -0.721. The van der Waals surface area contributed by atoms with E-state index in [9.17, 15) is 19.2 Å². The number of halogens is 2. The van der Waals surface area contributed by atoms with Gasteiger partial charge in [0.15, 0.2) is 68.5 Å². The Hall–Kier alpha value is -6.14. The number of hydrogen-bond acceptors (Lipinski definition) is 14. The summed E-state index contributed by atoms with van der Waals surface area (Å²) in [6.45, 7) is 0.671. The zero-order valence-electron chi connectivity index (χ0n) is 29.1. The molecule has 0 aliphatic rings. The van der Waals surface area contributed by atoms with Crippen LogP contribution in [0.25, 0.3) is 10.8 Å². The van der Waals surface area contributed by atoms with Gasteiger partial charge in [0.2, 0.25) is 0 Å². The number of carbonyl (C=O) groups is 4. The summed E-state index contributed by atoms with van der Waals surface area (Å²) < 4.78 is 0. The molecule has 4 rings (SSSR count). The number of hydrogen-bond donors (Lipinski definition) is 8. The van der Waals surface area contributed by atoms with Crippen molar-refractivity contribution in [1.82, 2.24) is 30.6 Å². The summed E-state index contributed by atoms with van der Waals surface area (Å²) in [6, 6.07) is 10.9. The average molecular weight is 780 g/mol. The Bertz CT molecular complexity index is 1980. The highest BCUT2D eigenvalue weighted by molar-refractivity contribution is 6.32. The molecule has 2 heterocycles. The molecule has 18 nitrogen and oxygen atoms in total. The van der Waals surface area contributed by atoms with Crippen molar-refractivity contribution < 1.29 is 19.2 Å². The number of nitrogens with two attached hydrogens (primary N) is 6. The molecule has 2 aromatic heterocycles. The van der Waals surface area contributed by atoms with Gasteiger partial charge in [-0.15, -0.1) is 0 Å². The molecule has 0 saturated carbocycles. The van der Waals surface area contributed by atoms with Crippen LogP contribution in [-0.4, -0.2) is 68.3 Å². The van der Waals surface area contributed by atoms with Gasteiger partial charge in [0.25, 0.3) is 11.8 Å². The Morgan fingerprint density at radius 3 is 1.33 bits per heavy atom. The summed E-state index contributed by atoms with van der Waals surface area (Å²) in [4.78, 5) is 73.8. The number of guanidine groups is 2. The largest absolute Gasteiger partial charge is 0.382 e. The number of amides is 2. The topological polar surface area (TPSA) is 325 Å². The summed E-state index contributed by atoms with van der Waals surface area (Å²) in [5, 5.41) is 6.15. The summed E-state index contributed by atoms with van der Waals surface area (Å²) in [5.41, 5.74) is 34.7. The fraction of sp³-hybridized carbons (Fsp3) is 0.294. The number of nitrogen functional groups attached to an aromatic ring is 4. The van der Waals surface area contributed by atoms with Crippen LogP contribution in [0.4, 0.5) is 23.3 Å². The first-order valence-corrected chi connectivity index (χ1v) is 17.5. The number of nitrogens with one attached hydrogen (secondary N) is 2. The van der Waals surface area contributed by atoms with Gasteiger partial charge >= 0.3 is 0 Å². The average Bonchev–Trinajstić information content (AvgIpc) is 3.13. The third kappa shape index (κ3) is 11.4. The van der Waals surface area contributed by atoms with Crippen molar-refractivity contribution in [1.29, 1.82) is 0 Å². The third-order valence-corrected chi connectivity index (χ3v) is 8.45. The maximum Gasteiger partial charge on any atom is 0.280 e. The van der Waals surface area contributed by atoms with Gasteiger partial charge < -0.3 is 34.4 Å². The number of unbranched alkanes of at least 4 members (excludes halogenated alkanes) is 4. The number of benzene rings is 2. The van der Waals surface area contributed by atoms with E-state index in [1.165, 1.54) is 0 Å². The first kappa shape index (κ1) is 40.6. The first-order valence-electron chi connectivity index (χ1n) is 16.7. The van der Waals surface area contributed by atoms with Crippen molar-refractivity contribution in [3.63, 3.8) is 0 Å². The van der Waals surface area contributed by atoms with Gasteiger partial charge in [-0.2, -0.15) is 0 Å². The molecular formula is C34H40Cl2N14O4. The molecule has 0 saturated heterocycles. The number of carbonyl (C=O) groups excluding carboxylic acids is 4. The molecule has 0 unspecified atom stereocenters. The minimum Gasteiger partial charge on any atom is -0.382 e. The summed E-state index contributed by atoms with van der Waals surface area (Å²) in [5.74, 6) is -2.24. The molecule has 0 radical (unpaired) electrons. The van der Waals surface area contributed by atoms with Gasteiger partial charge in [0, 0.05) is 37.1 Å². The van der Waals surface area contributed by atoms with Crippen LogP contribution < -0.4 is 45.0 Å².